The zero-order valence-electron chi connectivity index (χ0n) is 8.26. The van der Waals surface area contributed by atoms with Gasteiger partial charge in [0, 0.05) is 23.0 Å². The van der Waals surface area contributed by atoms with Gasteiger partial charge in [0.15, 0.2) is 0 Å². The van der Waals surface area contributed by atoms with Crippen LogP contribution in [0, 0.1) is 0 Å². The highest BCUT2D eigenvalue weighted by atomic mass is 35.5. The standard InChI is InChI=1S/C10H13Cl2NS/c1-3-13(4-2)14-10-7-8(11)5-6-9(10)12/h5-7H,3-4H2,1-2H3. The average molecular weight is 250 g/mol. The second-order valence-electron chi connectivity index (χ2n) is 2.78. The van der Waals surface area contributed by atoms with E-state index in [9.17, 15) is 0 Å². The van der Waals surface area contributed by atoms with Gasteiger partial charge in [0.25, 0.3) is 0 Å². The van der Waals surface area contributed by atoms with Gasteiger partial charge in [-0.15, -0.1) is 0 Å². The van der Waals surface area contributed by atoms with E-state index in [0.717, 1.165) is 28.0 Å². The van der Waals surface area contributed by atoms with E-state index < -0.39 is 0 Å². The van der Waals surface area contributed by atoms with Gasteiger partial charge in [0.2, 0.25) is 0 Å². The molecule has 0 aromatic heterocycles. The summed E-state index contributed by atoms with van der Waals surface area (Å²) in [7, 11) is 0. The van der Waals surface area contributed by atoms with Gasteiger partial charge in [0.1, 0.15) is 0 Å². The van der Waals surface area contributed by atoms with Crippen LogP contribution in [0.1, 0.15) is 13.8 Å². The Hall–Kier alpha value is 0.110. The molecule has 0 amide bonds. The predicted molar refractivity (Wildman–Crippen MR) is 65.2 cm³/mol. The molecule has 14 heavy (non-hydrogen) atoms. The number of nitrogens with zero attached hydrogens (tertiary/aromatic N) is 1. The molecule has 4 heteroatoms. The predicted octanol–water partition coefficient (Wildman–Crippen LogP) is 4.34. The molecule has 0 atom stereocenters. The first-order chi connectivity index (χ1) is 6.67. The Morgan fingerprint density at radius 2 is 1.86 bits per heavy atom. The zero-order chi connectivity index (χ0) is 10.6. The van der Waals surface area contributed by atoms with Gasteiger partial charge in [-0.2, -0.15) is 0 Å². The first-order valence-corrected chi connectivity index (χ1v) is 6.08. The van der Waals surface area contributed by atoms with Crippen LogP contribution < -0.4 is 0 Å². The summed E-state index contributed by atoms with van der Waals surface area (Å²) in [6.45, 7) is 6.22. The summed E-state index contributed by atoms with van der Waals surface area (Å²) < 4.78 is 2.22. The third-order valence-corrected chi connectivity index (χ3v) is 3.81. The molecule has 0 N–H and O–H groups in total. The van der Waals surface area contributed by atoms with E-state index in [0.29, 0.717) is 0 Å². The van der Waals surface area contributed by atoms with Crippen molar-refractivity contribution in [1.29, 1.82) is 0 Å². The van der Waals surface area contributed by atoms with E-state index in [2.05, 4.69) is 18.2 Å². The number of hydrogen-bond donors (Lipinski definition) is 0. The molecule has 0 fully saturated rings. The zero-order valence-corrected chi connectivity index (χ0v) is 10.6. The number of rotatable bonds is 4. The largest absolute Gasteiger partial charge is 0.247 e. The van der Waals surface area contributed by atoms with E-state index >= 15 is 0 Å². The summed E-state index contributed by atoms with van der Waals surface area (Å²) in [5, 5.41) is 1.48. The fraction of sp³-hybridized carbons (Fsp3) is 0.400. The first-order valence-electron chi connectivity index (χ1n) is 4.55. The molecule has 0 spiro atoms. The molecule has 0 saturated carbocycles. The van der Waals surface area contributed by atoms with Gasteiger partial charge in [-0.1, -0.05) is 37.0 Å². The third kappa shape index (κ3) is 3.35. The Labute approximate surface area is 99.5 Å². The van der Waals surface area contributed by atoms with Gasteiger partial charge in [-0.05, 0) is 30.1 Å². The maximum absolute atomic E-state index is 6.05. The van der Waals surface area contributed by atoms with Crippen LogP contribution in [0.5, 0.6) is 0 Å². The van der Waals surface area contributed by atoms with Gasteiger partial charge in [-0.3, -0.25) is 0 Å². The second-order valence-corrected chi connectivity index (χ2v) is 4.76. The van der Waals surface area contributed by atoms with Crippen molar-refractivity contribution in [3.63, 3.8) is 0 Å². The lowest BCUT2D eigenvalue weighted by Crippen LogP contribution is -2.13. The van der Waals surface area contributed by atoms with Crippen molar-refractivity contribution in [1.82, 2.24) is 4.31 Å². The molecule has 0 saturated heterocycles. The van der Waals surface area contributed by atoms with Crippen molar-refractivity contribution in [2.75, 3.05) is 13.1 Å². The van der Waals surface area contributed by atoms with Crippen molar-refractivity contribution in [2.24, 2.45) is 0 Å². The Morgan fingerprint density at radius 1 is 1.21 bits per heavy atom. The summed E-state index contributed by atoms with van der Waals surface area (Å²) >= 11 is 13.6. The fourth-order valence-corrected chi connectivity index (χ4v) is 2.37. The number of halogens is 2. The molecule has 0 bridgehead atoms. The maximum atomic E-state index is 6.05. The Morgan fingerprint density at radius 3 is 2.43 bits per heavy atom. The van der Waals surface area contributed by atoms with E-state index in [-0.39, 0.29) is 0 Å². The molecule has 1 nitrogen and oxygen atoms in total. The third-order valence-electron chi connectivity index (χ3n) is 1.83. The summed E-state index contributed by atoms with van der Waals surface area (Å²) in [5.41, 5.74) is 0. The molecule has 0 aliphatic heterocycles. The minimum Gasteiger partial charge on any atom is -0.247 e. The number of benzene rings is 1. The van der Waals surface area contributed by atoms with Crippen molar-refractivity contribution in [3.8, 4) is 0 Å². The monoisotopic (exact) mass is 249 g/mol. The van der Waals surface area contributed by atoms with Crippen LogP contribution in [0.3, 0.4) is 0 Å². The second kappa shape index (κ2) is 5.86. The molecule has 0 radical (unpaired) electrons. The van der Waals surface area contributed by atoms with E-state index in [1.165, 1.54) is 0 Å². The minimum atomic E-state index is 0.726. The van der Waals surface area contributed by atoms with Crippen molar-refractivity contribution >= 4 is 35.1 Å². The number of hydrogen-bond acceptors (Lipinski definition) is 2. The van der Waals surface area contributed by atoms with Crippen molar-refractivity contribution < 1.29 is 0 Å². The van der Waals surface area contributed by atoms with Crippen LogP contribution in [0.2, 0.25) is 10.0 Å². The minimum absolute atomic E-state index is 0.726. The average Bonchev–Trinajstić information content (AvgIpc) is 2.19. The highest BCUT2D eigenvalue weighted by Crippen LogP contribution is 2.31. The molecular weight excluding hydrogens is 237 g/mol. The van der Waals surface area contributed by atoms with Crippen LogP contribution >= 0.6 is 35.1 Å². The molecule has 0 heterocycles. The molecule has 0 aliphatic rings. The summed E-state index contributed by atoms with van der Waals surface area (Å²) in [5.74, 6) is 0. The van der Waals surface area contributed by atoms with Crippen molar-refractivity contribution in [2.45, 2.75) is 18.7 Å². The van der Waals surface area contributed by atoms with Crippen molar-refractivity contribution in [3.05, 3.63) is 28.2 Å². The topological polar surface area (TPSA) is 3.24 Å². The normalized spacial score (nSPS) is 10.9. The molecule has 0 unspecified atom stereocenters. The van der Waals surface area contributed by atoms with Gasteiger partial charge < -0.3 is 0 Å². The molecule has 1 aromatic rings. The highest BCUT2D eigenvalue weighted by molar-refractivity contribution is 7.97. The lowest BCUT2D eigenvalue weighted by atomic mass is 10.4. The van der Waals surface area contributed by atoms with E-state index in [1.807, 2.05) is 12.1 Å². The Kier molecular flexibility index (Phi) is 5.10. The first kappa shape index (κ1) is 12.2. The molecule has 1 rings (SSSR count). The Balaban J connectivity index is 2.79. The summed E-state index contributed by atoms with van der Waals surface area (Å²) in [4.78, 5) is 1.02. The fourth-order valence-electron chi connectivity index (χ4n) is 1.04. The maximum Gasteiger partial charge on any atom is 0.0556 e. The van der Waals surface area contributed by atoms with Gasteiger partial charge in [-0.25, -0.2) is 4.31 Å². The molecule has 0 aliphatic carbocycles. The summed E-state index contributed by atoms with van der Waals surface area (Å²) in [6, 6.07) is 5.53. The van der Waals surface area contributed by atoms with Crippen LogP contribution in [0.25, 0.3) is 0 Å². The van der Waals surface area contributed by atoms with E-state index in [1.54, 1.807) is 18.0 Å². The molecule has 1 aromatic carbocycles. The van der Waals surface area contributed by atoms with Crippen LogP contribution in [0.15, 0.2) is 23.1 Å². The summed E-state index contributed by atoms with van der Waals surface area (Å²) in [6.07, 6.45) is 0. The van der Waals surface area contributed by atoms with Crippen LogP contribution in [0.4, 0.5) is 0 Å². The molecular formula is C10H13Cl2NS. The van der Waals surface area contributed by atoms with Gasteiger partial charge >= 0.3 is 0 Å². The quantitative estimate of drug-likeness (QED) is 0.731. The van der Waals surface area contributed by atoms with Crippen LogP contribution in [-0.4, -0.2) is 17.4 Å². The lowest BCUT2D eigenvalue weighted by molar-refractivity contribution is 0.525. The van der Waals surface area contributed by atoms with E-state index in [4.69, 9.17) is 23.2 Å². The lowest BCUT2D eigenvalue weighted by Gasteiger charge is -2.17. The molecule has 78 valence electrons. The SMILES string of the molecule is CCN(CC)Sc1cc(Cl)ccc1Cl. The van der Waals surface area contributed by atoms with Crippen LogP contribution in [-0.2, 0) is 0 Å². The highest BCUT2D eigenvalue weighted by Gasteiger charge is 2.06. The Bertz CT molecular complexity index is 300. The van der Waals surface area contributed by atoms with Gasteiger partial charge in [0.05, 0.1) is 5.02 Å². The smallest absolute Gasteiger partial charge is 0.0556 e.